The van der Waals surface area contributed by atoms with Crippen LogP contribution in [0.5, 0.6) is 5.75 Å². The van der Waals surface area contributed by atoms with Gasteiger partial charge in [0.15, 0.2) is 22.9 Å². The van der Waals surface area contributed by atoms with Crippen LogP contribution in [0.15, 0.2) is 76.4 Å². The summed E-state index contributed by atoms with van der Waals surface area (Å²) in [5, 5.41) is 20.8. The molecule has 72 heavy (non-hydrogen) atoms. The van der Waals surface area contributed by atoms with Crippen LogP contribution >= 0.6 is 0 Å². The van der Waals surface area contributed by atoms with Crippen molar-refractivity contribution in [1.82, 2.24) is 25.1 Å². The Hall–Kier alpha value is -4.68. The Labute approximate surface area is 428 Å². The molecule has 2 amide bonds. The molecule has 2 aromatic carbocycles. The molecule has 3 aromatic rings. The summed E-state index contributed by atoms with van der Waals surface area (Å²) in [5.41, 5.74) is 5.68. The molecule has 0 bridgehead atoms. The van der Waals surface area contributed by atoms with E-state index in [9.17, 15) is 29.1 Å². The molecule has 402 valence electrons. The van der Waals surface area contributed by atoms with Crippen LogP contribution in [0, 0.1) is 0 Å². The molecule has 6 N–H and O–H groups in total. The van der Waals surface area contributed by atoms with Crippen molar-refractivity contribution in [3.63, 3.8) is 0 Å². The maximum absolute atomic E-state index is 14.6. The molecule has 1 aliphatic heterocycles. The molecule has 0 aliphatic carbocycles. The highest BCUT2D eigenvalue weighted by Gasteiger charge is 2.58. The molecule has 7 atom stereocenters. The number of nitrogens with zero attached hydrogens (tertiary/aromatic N) is 2. The minimum Gasteiger partial charge on any atom is -0.497 e. The molecule has 0 unspecified atom stereocenters. The zero-order valence-corrected chi connectivity index (χ0v) is 47.2. The van der Waals surface area contributed by atoms with E-state index < -0.39 is 88.3 Å². The molecule has 1 aliphatic rings. The largest absolute Gasteiger partial charge is 0.497 e. The van der Waals surface area contributed by atoms with Gasteiger partial charge < -0.3 is 54.6 Å². The molecule has 1 saturated heterocycles. The van der Waals surface area contributed by atoms with Crippen LogP contribution in [0.1, 0.15) is 105 Å². The third-order valence-electron chi connectivity index (χ3n) is 13.7. The van der Waals surface area contributed by atoms with Crippen molar-refractivity contribution < 1.29 is 47.3 Å². The van der Waals surface area contributed by atoms with Gasteiger partial charge in [-0.05, 0) is 113 Å². The van der Waals surface area contributed by atoms with Crippen molar-refractivity contribution in [2.75, 3.05) is 26.7 Å². The number of ether oxygens (including phenoxy) is 4. The van der Waals surface area contributed by atoms with Gasteiger partial charge in [-0.1, -0.05) is 84.0 Å². The summed E-state index contributed by atoms with van der Waals surface area (Å²) in [6.45, 7) is 26.9. The van der Waals surface area contributed by atoms with E-state index in [0.29, 0.717) is 43.5 Å². The number of nitrogens with one attached hydrogen (secondary N) is 3. The van der Waals surface area contributed by atoms with Crippen LogP contribution in [-0.4, -0.2) is 118 Å². The first-order valence-corrected chi connectivity index (χ1v) is 30.9. The van der Waals surface area contributed by atoms with Crippen molar-refractivity contribution in [3.8, 4) is 5.75 Å². The topological polar surface area (TPSA) is 233 Å². The first-order valence-electron chi connectivity index (χ1n) is 25.0. The van der Waals surface area contributed by atoms with Crippen LogP contribution in [0.2, 0.25) is 36.3 Å². The van der Waals surface area contributed by atoms with Crippen LogP contribution in [-0.2, 0) is 45.8 Å². The number of esters is 1. The number of aliphatic hydroxyl groups excluding tert-OH is 1. The van der Waals surface area contributed by atoms with Gasteiger partial charge in [0.1, 0.15) is 48.4 Å². The zero-order chi connectivity index (χ0) is 53.8. The maximum Gasteiger partial charge on any atom is 0.407 e. The van der Waals surface area contributed by atoms with E-state index in [4.69, 9.17) is 33.5 Å². The lowest BCUT2D eigenvalue weighted by Crippen LogP contribution is -2.59. The molecule has 18 nitrogen and oxygen atoms in total. The second-order valence-corrected chi connectivity index (χ2v) is 32.2. The Kier molecular flexibility index (Phi) is 21.2. The van der Waals surface area contributed by atoms with E-state index in [-0.39, 0.29) is 42.2 Å². The number of amides is 2. The van der Waals surface area contributed by atoms with Gasteiger partial charge in [0, 0.05) is 25.4 Å². The third kappa shape index (κ3) is 16.9. The summed E-state index contributed by atoms with van der Waals surface area (Å²) < 4.78 is 40.2. The summed E-state index contributed by atoms with van der Waals surface area (Å²) in [6.07, 6.45) is -3.27. The van der Waals surface area contributed by atoms with Crippen molar-refractivity contribution in [1.29, 1.82) is 0 Å². The average Bonchev–Trinajstić information content (AvgIpc) is 3.62. The standard InChI is InChI=1S/C52H84N6O12Si2/c1-50(2,3)68-47(62)40(54-30-20-31-55-45(61)38(53)23-18-19-29-56-48(63)66-34-36-21-16-15-17-22-36)41(60)42-43(69-71(11,12)51(4,5)6)44(70-72(13,14)52(7,8)9)46(67-42)57-32-28-39(59)58(49(57)64)33-35-24-26-37(65-10)27-25-35/h15-17,21-22,24-28,32,38,40-44,46,54,60H,18-20,23,29-31,33-34,53H2,1-14H3,(H,55,61)(H,56,63)/t38-,40-,41+,42+,43+,44+,46+/m0/s1. The predicted molar refractivity (Wildman–Crippen MR) is 283 cm³/mol. The molecule has 1 aromatic heterocycles. The van der Waals surface area contributed by atoms with Gasteiger partial charge in [-0.15, -0.1) is 0 Å². The number of unbranched alkanes of at least 4 members (excludes halogenated alkanes) is 1. The molecule has 20 heteroatoms. The van der Waals surface area contributed by atoms with E-state index in [1.165, 1.54) is 16.8 Å². The fourth-order valence-electron chi connectivity index (χ4n) is 7.41. The Morgan fingerprint density at radius 2 is 1.38 bits per heavy atom. The summed E-state index contributed by atoms with van der Waals surface area (Å²) >= 11 is 0. The van der Waals surface area contributed by atoms with Crippen molar-refractivity contribution in [2.45, 2.75) is 186 Å². The summed E-state index contributed by atoms with van der Waals surface area (Å²) in [5.74, 6) is -0.465. The van der Waals surface area contributed by atoms with Crippen molar-refractivity contribution >= 4 is 34.6 Å². The van der Waals surface area contributed by atoms with E-state index in [1.54, 1.807) is 52.1 Å². The van der Waals surface area contributed by atoms with Gasteiger partial charge in [0.2, 0.25) is 5.91 Å². The molecule has 4 rings (SSSR count). The van der Waals surface area contributed by atoms with E-state index in [1.807, 2.05) is 30.3 Å². The molecule has 1 fully saturated rings. The Morgan fingerprint density at radius 3 is 1.96 bits per heavy atom. The number of carbonyl (C=O) groups excluding carboxylic acids is 3. The summed E-state index contributed by atoms with van der Waals surface area (Å²) in [4.78, 5) is 67.3. The molecule has 0 saturated carbocycles. The van der Waals surface area contributed by atoms with Crippen LogP contribution < -0.4 is 37.7 Å². The zero-order valence-electron chi connectivity index (χ0n) is 45.2. The molecule has 2 heterocycles. The van der Waals surface area contributed by atoms with Crippen molar-refractivity contribution in [3.05, 3.63) is 98.8 Å². The number of benzene rings is 2. The highest BCUT2D eigenvalue weighted by atomic mass is 28.4. The normalized spacial score (nSPS) is 19.0. The minimum atomic E-state index is -2.75. The van der Waals surface area contributed by atoms with Gasteiger partial charge in [0.25, 0.3) is 5.56 Å². The number of alkyl carbamates (subject to hydrolysis) is 1. The van der Waals surface area contributed by atoms with Gasteiger partial charge in [-0.3, -0.25) is 23.5 Å². The van der Waals surface area contributed by atoms with Gasteiger partial charge >= 0.3 is 17.8 Å². The number of hydrogen-bond donors (Lipinski definition) is 5. The maximum atomic E-state index is 14.6. The first-order chi connectivity index (χ1) is 33.5. The number of carbonyl (C=O) groups is 3. The van der Waals surface area contributed by atoms with Gasteiger partial charge in [-0.25, -0.2) is 9.59 Å². The number of nitrogens with two attached hydrogens (primary N) is 1. The van der Waals surface area contributed by atoms with Crippen LogP contribution in [0.3, 0.4) is 0 Å². The predicted octanol–water partition coefficient (Wildman–Crippen LogP) is 6.34. The highest BCUT2D eigenvalue weighted by molar-refractivity contribution is 6.74. The fraction of sp³-hybridized carbons (Fsp3) is 0.635. The number of hydrogen-bond acceptors (Lipinski definition) is 14. The fourth-order valence-corrected chi connectivity index (χ4v) is 10.0. The van der Waals surface area contributed by atoms with Gasteiger partial charge in [-0.2, -0.15) is 0 Å². The van der Waals surface area contributed by atoms with Gasteiger partial charge in [0.05, 0.1) is 19.7 Å². The number of methoxy groups -OCH3 is 1. The van der Waals surface area contributed by atoms with Crippen molar-refractivity contribution in [2.24, 2.45) is 5.73 Å². The summed E-state index contributed by atoms with van der Waals surface area (Å²) in [6, 6.07) is 15.6. The monoisotopic (exact) mass is 1040 g/mol. The molecule has 0 radical (unpaired) electrons. The number of rotatable bonds is 24. The SMILES string of the molecule is COc1ccc(Cn2c(=O)ccn([C@@H]3O[C@H]([C@H](O)[C@H](NCCCNC(=O)[C@@H](N)CCCCNC(=O)OCc4ccccc4)C(=O)OC(C)(C)C)[C@@H](O[Si](C)(C)C(C)(C)C)[C@H]3O[Si](C)(C)C(C)(C)C)c2=O)cc1. The average molecular weight is 1040 g/mol. The van der Waals surface area contributed by atoms with Crippen LogP contribution in [0.4, 0.5) is 4.79 Å². The van der Waals surface area contributed by atoms with E-state index in [0.717, 1.165) is 10.1 Å². The molecular formula is C52H84N6O12Si2. The smallest absolute Gasteiger partial charge is 0.407 e. The lowest BCUT2D eigenvalue weighted by atomic mass is 9.99. The molecular weight excluding hydrogens is 957 g/mol. The second-order valence-electron chi connectivity index (χ2n) is 22.6. The lowest BCUT2D eigenvalue weighted by molar-refractivity contribution is -0.166. The van der Waals surface area contributed by atoms with E-state index in [2.05, 4.69) is 83.7 Å². The Morgan fingerprint density at radius 1 is 0.778 bits per heavy atom. The molecule has 0 spiro atoms. The Balaban J connectivity index is 1.57. The minimum absolute atomic E-state index is 0.0384. The summed E-state index contributed by atoms with van der Waals surface area (Å²) in [7, 11) is -3.93. The third-order valence-corrected chi connectivity index (χ3v) is 22.6. The van der Waals surface area contributed by atoms with Crippen LogP contribution in [0.25, 0.3) is 0 Å². The second kappa shape index (κ2) is 25.5. The number of aromatic nitrogens is 2. The number of aliphatic hydroxyl groups is 1. The van der Waals surface area contributed by atoms with E-state index >= 15 is 0 Å². The Bertz CT molecular complexity index is 2340. The quantitative estimate of drug-likeness (QED) is 0.0375. The lowest BCUT2D eigenvalue weighted by Gasteiger charge is -2.44. The first kappa shape index (κ1) is 59.9. The highest BCUT2D eigenvalue weighted by Crippen LogP contribution is 2.46.